The number of carbonyl (C=O) groups excluding carboxylic acids is 1. The van der Waals surface area contributed by atoms with Crippen LogP contribution in [0.5, 0.6) is 5.75 Å². The highest BCUT2D eigenvalue weighted by Gasteiger charge is 2.23. The minimum Gasteiger partial charge on any atom is -0.508 e. The second kappa shape index (κ2) is 5.59. The average molecular weight is 272 g/mol. The highest BCUT2D eigenvalue weighted by Crippen LogP contribution is 2.23. The number of rotatable bonds is 4. The van der Waals surface area contributed by atoms with Crippen LogP contribution in [0, 0.1) is 0 Å². The molecule has 0 spiro atoms. The fourth-order valence-corrected chi connectivity index (χ4v) is 1.84. The van der Waals surface area contributed by atoms with E-state index in [4.69, 9.17) is 11.6 Å². The lowest BCUT2D eigenvalue weighted by molar-refractivity contribution is 0.0314. The number of nitrogens with zero attached hydrogens (tertiary/aromatic N) is 1. The molecule has 2 N–H and O–H groups in total. The predicted octanol–water partition coefficient (Wildman–Crippen LogP) is 2.28. The van der Waals surface area contributed by atoms with E-state index < -0.39 is 5.60 Å². The van der Waals surface area contributed by atoms with Gasteiger partial charge in [0.1, 0.15) is 5.75 Å². The van der Waals surface area contributed by atoms with Crippen LogP contribution < -0.4 is 0 Å². The lowest BCUT2D eigenvalue weighted by Gasteiger charge is -2.28. The fourth-order valence-electron chi connectivity index (χ4n) is 1.64. The van der Waals surface area contributed by atoms with Crippen LogP contribution in [0.15, 0.2) is 18.2 Å². The average Bonchev–Trinajstić information content (AvgIpc) is 2.27. The molecule has 0 bridgehead atoms. The maximum Gasteiger partial charge on any atom is 0.255 e. The minimum absolute atomic E-state index is 0.0120. The van der Waals surface area contributed by atoms with E-state index in [2.05, 4.69) is 0 Å². The Hall–Kier alpha value is -1.26. The summed E-state index contributed by atoms with van der Waals surface area (Å²) >= 11 is 5.94. The number of phenolic OH excluding ortho intramolecular Hbond substituents is 1. The molecule has 1 rings (SSSR count). The van der Waals surface area contributed by atoms with Gasteiger partial charge in [0.2, 0.25) is 0 Å². The van der Waals surface area contributed by atoms with Crippen molar-refractivity contribution in [3.05, 3.63) is 28.8 Å². The SMILES string of the molecule is CCN(CC(C)(C)O)C(=O)c1cc(O)ccc1Cl. The molecule has 5 heteroatoms. The number of benzene rings is 1. The first kappa shape index (κ1) is 14.8. The number of carbonyl (C=O) groups is 1. The Bertz CT molecular complexity index is 440. The van der Waals surface area contributed by atoms with Crippen molar-refractivity contribution in [3.63, 3.8) is 0 Å². The zero-order valence-electron chi connectivity index (χ0n) is 10.8. The Morgan fingerprint density at radius 3 is 2.56 bits per heavy atom. The maximum absolute atomic E-state index is 12.2. The molecule has 100 valence electrons. The smallest absolute Gasteiger partial charge is 0.255 e. The lowest BCUT2D eigenvalue weighted by Crippen LogP contribution is -2.42. The normalized spacial score (nSPS) is 11.4. The van der Waals surface area contributed by atoms with Gasteiger partial charge >= 0.3 is 0 Å². The maximum atomic E-state index is 12.2. The zero-order chi connectivity index (χ0) is 13.9. The Morgan fingerprint density at radius 1 is 1.44 bits per heavy atom. The van der Waals surface area contributed by atoms with Crippen molar-refractivity contribution in [1.29, 1.82) is 0 Å². The van der Waals surface area contributed by atoms with Gasteiger partial charge in [-0.25, -0.2) is 0 Å². The molecule has 1 amide bonds. The van der Waals surface area contributed by atoms with Crippen molar-refractivity contribution in [1.82, 2.24) is 4.90 Å². The molecule has 0 aliphatic carbocycles. The van der Waals surface area contributed by atoms with Gasteiger partial charge in [0.25, 0.3) is 5.91 Å². The molecule has 1 aromatic carbocycles. The number of hydrogen-bond donors (Lipinski definition) is 2. The summed E-state index contributed by atoms with van der Waals surface area (Å²) in [6, 6.07) is 4.23. The highest BCUT2D eigenvalue weighted by atomic mass is 35.5. The van der Waals surface area contributed by atoms with Crippen molar-refractivity contribution < 1.29 is 15.0 Å². The van der Waals surface area contributed by atoms with E-state index in [1.807, 2.05) is 6.92 Å². The molecule has 0 fully saturated rings. The molecule has 0 saturated heterocycles. The monoisotopic (exact) mass is 271 g/mol. The van der Waals surface area contributed by atoms with Gasteiger partial charge in [0.05, 0.1) is 16.2 Å². The molecule has 0 radical (unpaired) electrons. The van der Waals surface area contributed by atoms with Gasteiger partial charge in [-0.15, -0.1) is 0 Å². The number of halogens is 1. The van der Waals surface area contributed by atoms with Gasteiger partial charge in [0.15, 0.2) is 0 Å². The number of aliphatic hydroxyl groups is 1. The second-order valence-electron chi connectivity index (χ2n) is 4.80. The number of aromatic hydroxyl groups is 1. The second-order valence-corrected chi connectivity index (χ2v) is 5.20. The van der Waals surface area contributed by atoms with Gasteiger partial charge in [-0.2, -0.15) is 0 Å². The van der Waals surface area contributed by atoms with E-state index in [1.165, 1.54) is 23.1 Å². The van der Waals surface area contributed by atoms with E-state index in [9.17, 15) is 15.0 Å². The molecule has 0 unspecified atom stereocenters. The number of phenols is 1. The van der Waals surface area contributed by atoms with Crippen molar-refractivity contribution in [3.8, 4) is 5.75 Å². The molecule has 0 aliphatic heterocycles. The van der Waals surface area contributed by atoms with Gasteiger partial charge < -0.3 is 15.1 Å². The van der Waals surface area contributed by atoms with E-state index in [1.54, 1.807) is 13.8 Å². The Kier molecular flexibility index (Phi) is 4.59. The van der Waals surface area contributed by atoms with Crippen LogP contribution >= 0.6 is 11.6 Å². The van der Waals surface area contributed by atoms with Crippen LogP contribution in [0.2, 0.25) is 5.02 Å². The van der Waals surface area contributed by atoms with Gasteiger partial charge in [-0.1, -0.05) is 11.6 Å². The lowest BCUT2D eigenvalue weighted by atomic mass is 10.1. The molecular weight excluding hydrogens is 254 g/mol. The van der Waals surface area contributed by atoms with E-state index in [0.717, 1.165) is 0 Å². The first-order chi connectivity index (χ1) is 8.24. The van der Waals surface area contributed by atoms with Gasteiger partial charge in [-0.3, -0.25) is 4.79 Å². The summed E-state index contributed by atoms with van der Waals surface area (Å²) in [4.78, 5) is 13.7. The third-order valence-electron chi connectivity index (χ3n) is 2.43. The molecule has 0 aliphatic rings. The Balaban J connectivity index is 3.00. The molecular formula is C13H18ClNO3. The molecule has 0 atom stereocenters. The summed E-state index contributed by atoms with van der Waals surface area (Å²) in [5.74, 6) is -0.317. The van der Waals surface area contributed by atoms with Crippen LogP contribution in [0.4, 0.5) is 0 Å². The minimum atomic E-state index is -0.977. The predicted molar refractivity (Wildman–Crippen MR) is 71.0 cm³/mol. The topological polar surface area (TPSA) is 60.8 Å². The van der Waals surface area contributed by atoms with E-state index in [-0.39, 0.29) is 28.8 Å². The summed E-state index contributed by atoms with van der Waals surface area (Å²) in [5.41, 5.74) is -0.739. The number of likely N-dealkylation sites (N-methyl/N-ethyl adjacent to an activating group) is 1. The van der Waals surface area contributed by atoms with Crippen LogP contribution in [0.1, 0.15) is 31.1 Å². The van der Waals surface area contributed by atoms with Crippen LogP contribution in [0.3, 0.4) is 0 Å². The van der Waals surface area contributed by atoms with Crippen molar-refractivity contribution in [2.75, 3.05) is 13.1 Å². The first-order valence-electron chi connectivity index (χ1n) is 5.75. The zero-order valence-corrected chi connectivity index (χ0v) is 11.5. The van der Waals surface area contributed by atoms with Gasteiger partial charge in [-0.05, 0) is 39.0 Å². The van der Waals surface area contributed by atoms with Crippen LogP contribution in [0.25, 0.3) is 0 Å². The summed E-state index contributed by atoms with van der Waals surface area (Å²) in [7, 11) is 0. The largest absolute Gasteiger partial charge is 0.508 e. The number of hydrogen-bond acceptors (Lipinski definition) is 3. The fraction of sp³-hybridized carbons (Fsp3) is 0.462. The molecule has 4 nitrogen and oxygen atoms in total. The Morgan fingerprint density at radius 2 is 2.06 bits per heavy atom. The molecule has 1 aromatic rings. The van der Waals surface area contributed by atoms with Gasteiger partial charge in [0, 0.05) is 13.1 Å². The quantitative estimate of drug-likeness (QED) is 0.883. The molecule has 0 aromatic heterocycles. The van der Waals surface area contributed by atoms with Crippen molar-refractivity contribution >= 4 is 17.5 Å². The molecule has 18 heavy (non-hydrogen) atoms. The first-order valence-corrected chi connectivity index (χ1v) is 6.12. The molecule has 0 heterocycles. The van der Waals surface area contributed by atoms with Crippen molar-refractivity contribution in [2.45, 2.75) is 26.4 Å². The standard InChI is InChI=1S/C13H18ClNO3/c1-4-15(8-13(2,3)18)12(17)10-7-9(16)5-6-11(10)14/h5-7,16,18H,4,8H2,1-3H3. The van der Waals surface area contributed by atoms with Crippen LogP contribution in [-0.2, 0) is 0 Å². The summed E-state index contributed by atoms with van der Waals surface area (Å²) in [6.07, 6.45) is 0. The summed E-state index contributed by atoms with van der Waals surface area (Å²) in [5, 5.41) is 19.4. The van der Waals surface area contributed by atoms with E-state index in [0.29, 0.717) is 6.54 Å². The Labute approximate surface area is 112 Å². The third-order valence-corrected chi connectivity index (χ3v) is 2.76. The number of amides is 1. The summed E-state index contributed by atoms with van der Waals surface area (Å²) in [6.45, 7) is 5.74. The highest BCUT2D eigenvalue weighted by molar-refractivity contribution is 6.33. The summed E-state index contributed by atoms with van der Waals surface area (Å²) < 4.78 is 0. The van der Waals surface area contributed by atoms with Crippen LogP contribution in [-0.4, -0.2) is 39.7 Å². The third kappa shape index (κ3) is 3.89. The molecule has 0 saturated carbocycles. The van der Waals surface area contributed by atoms with E-state index >= 15 is 0 Å². The van der Waals surface area contributed by atoms with Crippen molar-refractivity contribution in [2.24, 2.45) is 0 Å².